The first-order valence-corrected chi connectivity index (χ1v) is 11.6. The molecule has 0 aliphatic carbocycles. The molecule has 0 aliphatic rings. The summed E-state index contributed by atoms with van der Waals surface area (Å²) in [5.74, 6) is 1.25. The molecule has 0 saturated carbocycles. The quantitative estimate of drug-likeness (QED) is 0.261. The van der Waals surface area contributed by atoms with Crippen LogP contribution in [-0.4, -0.2) is 21.2 Å². The molecule has 0 aliphatic heterocycles. The Hall–Kier alpha value is -3.39. The number of aromatic nitrogens is 3. The van der Waals surface area contributed by atoms with Crippen LogP contribution in [0.25, 0.3) is 39.6 Å². The predicted molar refractivity (Wildman–Crippen MR) is 143 cm³/mol. The van der Waals surface area contributed by atoms with Crippen LogP contribution < -0.4 is 10.3 Å². The summed E-state index contributed by atoms with van der Waals surface area (Å²) in [7, 11) is 3.68. The molecule has 5 rings (SSSR count). The topological polar surface area (TPSA) is 49.0 Å². The first-order valence-electron chi connectivity index (χ1n) is 10.6. The Bertz CT molecular complexity index is 1610. The van der Waals surface area contributed by atoms with Crippen molar-refractivity contribution >= 4 is 56.5 Å². The minimum absolute atomic E-state index is 0.110. The van der Waals surface area contributed by atoms with Crippen LogP contribution in [0.4, 0.5) is 0 Å². The Labute approximate surface area is 205 Å². The molecule has 0 fully saturated rings. The lowest BCUT2D eigenvalue weighted by Crippen LogP contribution is -2.22. The van der Waals surface area contributed by atoms with Gasteiger partial charge in [-0.3, -0.25) is 9.36 Å². The van der Waals surface area contributed by atoms with Crippen LogP contribution >= 0.6 is 22.6 Å². The van der Waals surface area contributed by atoms with Gasteiger partial charge in [-0.1, -0.05) is 24.3 Å². The largest absolute Gasteiger partial charge is 0.497 e. The molecule has 164 valence electrons. The highest BCUT2D eigenvalue weighted by Crippen LogP contribution is 2.27. The Morgan fingerprint density at radius 1 is 0.970 bits per heavy atom. The maximum absolute atomic E-state index is 13.6. The number of para-hydroxylation sites is 1. The number of methoxy groups -OCH3 is 1. The number of ether oxygens (including phenoxy) is 1. The normalized spacial score (nSPS) is 11.6. The van der Waals surface area contributed by atoms with E-state index in [-0.39, 0.29) is 5.56 Å². The summed E-state index contributed by atoms with van der Waals surface area (Å²) in [6.07, 6.45) is 3.97. The van der Waals surface area contributed by atoms with Gasteiger partial charge in [-0.25, -0.2) is 4.98 Å². The number of rotatable bonds is 4. The maximum atomic E-state index is 13.6. The zero-order chi connectivity index (χ0) is 23.1. The van der Waals surface area contributed by atoms with E-state index in [4.69, 9.17) is 9.72 Å². The van der Waals surface area contributed by atoms with Gasteiger partial charge in [0.1, 0.15) is 11.6 Å². The van der Waals surface area contributed by atoms with Crippen molar-refractivity contribution in [2.75, 3.05) is 7.11 Å². The average molecular weight is 547 g/mol. The van der Waals surface area contributed by atoms with Crippen LogP contribution in [0.2, 0.25) is 0 Å². The fourth-order valence-corrected chi connectivity index (χ4v) is 4.70. The van der Waals surface area contributed by atoms with Crippen LogP contribution in [-0.2, 0) is 7.05 Å². The second kappa shape index (κ2) is 8.51. The smallest absolute Gasteiger partial charge is 0.266 e. The summed E-state index contributed by atoms with van der Waals surface area (Å²) in [6.45, 7) is 2.10. The van der Waals surface area contributed by atoms with E-state index in [0.29, 0.717) is 28.2 Å². The van der Waals surface area contributed by atoms with E-state index in [1.807, 2.05) is 60.7 Å². The summed E-state index contributed by atoms with van der Waals surface area (Å²) < 4.78 is 10.2. The third-order valence-corrected chi connectivity index (χ3v) is 6.69. The van der Waals surface area contributed by atoms with Gasteiger partial charge in [0.25, 0.3) is 5.56 Å². The molecule has 6 heteroatoms. The van der Waals surface area contributed by atoms with Crippen molar-refractivity contribution in [3.8, 4) is 11.4 Å². The summed E-state index contributed by atoms with van der Waals surface area (Å²) in [5, 5.41) is 1.75. The molecule has 0 spiro atoms. The highest BCUT2D eigenvalue weighted by molar-refractivity contribution is 14.1. The van der Waals surface area contributed by atoms with Crippen LogP contribution in [0.1, 0.15) is 17.1 Å². The zero-order valence-corrected chi connectivity index (χ0v) is 20.7. The highest BCUT2D eigenvalue weighted by Gasteiger charge is 2.14. The molecule has 0 radical (unpaired) electrons. The molecule has 0 amide bonds. The fourth-order valence-electron chi connectivity index (χ4n) is 4.20. The van der Waals surface area contributed by atoms with Gasteiger partial charge >= 0.3 is 0 Å². The molecule has 2 aromatic heterocycles. The van der Waals surface area contributed by atoms with Crippen molar-refractivity contribution in [2.45, 2.75) is 6.92 Å². The molecule has 5 nitrogen and oxygen atoms in total. The fraction of sp³-hybridized carbons (Fsp3) is 0.111. The molecular weight excluding hydrogens is 525 g/mol. The Morgan fingerprint density at radius 3 is 2.61 bits per heavy atom. The first-order chi connectivity index (χ1) is 16.0. The standard InChI is InChI=1S/C27H22IN3O2/c1-17-21(22-9-4-5-10-25(22)30(17)2)12-14-26-29-24-13-11-18(28)15-23(24)27(32)31(26)19-7-6-8-20(16-19)33-3/h4-16H,1-3H3/b14-12+. The van der Waals surface area contributed by atoms with Gasteiger partial charge < -0.3 is 9.30 Å². The minimum Gasteiger partial charge on any atom is -0.497 e. The molecule has 2 heterocycles. The molecule has 0 bridgehead atoms. The van der Waals surface area contributed by atoms with Crippen molar-refractivity contribution in [1.29, 1.82) is 0 Å². The lowest BCUT2D eigenvalue weighted by atomic mass is 10.1. The van der Waals surface area contributed by atoms with E-state index >= 15 is 0 Å². The van der Waals surface area contributed by atoms with Gasteiger partial charge in [0.2, 0.25) is 0 Å². The summed E-state index contributed by atoms with van der Waals surface area (Å²) in [6, 6.07) is 21.5. The number of hydrogen-bond acceptors (Lipinski definition) is 3. The van der Waals surface area contributed by atoms with E-state index < -0.39 is 0 Å². The van der Waals surface area contributed by atoms with Gasteiger partial charge in [-0.2, -0.15) is 0 Å². The van der Waals surface area contributed by atoms with Crippen molar-refractivity contribution < 1.29 is 4.74 Å². The van der Waals surface area contributed by atoms with E-state index in [2.05, 4.69) is 59.3 Å². The predicted octanol–water partition coefficient (Wildman–Crippen LogP) is 5.97. The third kappa shape index (κ3) is 3.74. The molecule has 0 N–H and O–H groups in total. The number of halogens is 1. The average Bonchev–Trinajstić information content (AvgIpc) is 3.08. The number of hydrogen-bond donors (Lipinski definition) is 0. The van der Waals surface area contributed by atoms with Crippen LogP contribution in [0.15, 0.2) is 71.5 Å². The monoisotopic (exact) mass is 547 g/mol. The molecule has 5 aromatic rings. The number of fused-ring (bicyclic) bond motifs is 2. The van der Waals surface area contributed by atoms with Gasteiger partial charge in [-0.15, -0.1) is 0 Å². The molecular formula is C27H22IN3O2. The van der Waals surface area contributed by atoms with Crippen molar-refractivity contribution in [3.63, 3.8) is 0 Å². The number of benzene rings is 3. The molecule has 0 unspecified atom stereocenters. The SMILES string of the molecule is COc1cccc(-n2c(/C=C/c3c(C)n(C)c4ccccc34)nc3ccc(I)cc3c2=O)c1. The number of aryl methyl sites for hydroxylation is 1. The maximum Gasteiger partial charge on any atom is 0.266 e. The molecule has 33 heavy (non-hydrogen) atoms. The van der Waals surface area contributed by atoms with E-state index in [1.165, 1.54) is 10.9 Å². The van der Waals surface area contributed by atoms with E-state index in [1.54, 1.807) is 11.7 Å². The zero-order valence-electron chi connectivity index (χ0n) is 18.5. The lowest BCUT2D eigenvalue weighted by molar-refractivity contribution is 0.414. The van der Waals surface area contributed by atoms with E-state index in [0.717, 1.165) is 14.8 Å². The Kier molecular flexibility index (Phi) is 5.54. The van der Waals surface area contributed by atoms with Crippen molar-refractivity contribution in [2.24, 2.45) is 7.05 Å². The van der Waals surface area contributed by atoms with Crippen LogP contribution in [0.3, 0.4) is 0 Å². The van der Waals surface area contributed by atoms with E-state index in [9.17, 15) is 4.79 Å². The van der Waals surface area contributed by atoms with Crippen molar-refractivity contribution in [1.82, 2.24) is 14.1 Å². The van der Waals surface area contributed by atoms with Gasteiger partial charge in [0.15, 0.2) is 0 Å². The first kappa shape index (κ1) is 21.5. The lowest BCUT2D eigenvalue weighted by Gasteiger charge is -2.12. The van der Waals surface area contributed by atoms with Crippen LogP contribution in [0.5, 0.6) is 5.75 Å². The van der Waals surface area contributed by atoms with Gasteiger partial charge in [-0.05, 0) is 78.1 Å². The molecule has 0 atom stereocenters. The van der Waals surface area contributed by atoms with Gasteiger partial charge in [0.05, 0.1) is 23.7 Å². The summed E-state index contributed by atoms with van der Waals surface area (Å²) in [4.78, 5) is 18.5. The number of nitrogens with zero attached hydrogens (tertiary/aromatic N) is 3. The second-order valence-corrected chi connectivity index (χ2v) is 9.13. The van der Waals surface area contributed by atoms with Crippen molar-refractivity contribution in [3.05, 3.63) is 97.7 Å². The third-order valence-electron chi connectivity index (χ3n) is 6.02. The minimum atomic E-state index is -0.110. The highest BCUT2D eigenvalue weighted by atomic mass is 127. The summed E-state index contributed by atoms with van der Waals surface area (Å²) >= 11 is 2.22. The Morgan fingerprint density at radius 2 is 1.79 bits per heavy atom. The summed E-state index contributed by atoms with van der Waals surface area (Å²) in [5.41, 5.74) is 4.71. The van der Waals surface area contributed by atoms with Crippen LogP contribution in [0, 0.1) is 10.5 Å². The molecule has 0 saturated heterocycles. The molecule has 3 aromatic carbocycles. The van der Waals surface area contributed by atoms with Gasteiger partial charge in [0, 0.05) is 38.8 Å². The second-order valence-electron chi connectivity index (χ2n) is 7.88. The Balaban J connectivity index is 1.77.